The van der Waals surface area contributed by atoms with Gasteiger partial charge in [0.1, 0.15) is 0 Å². The molecule has 1 fully saturated rings. The summed E-state index contributed by atoms with van der Waals surface area (Å²) in [6, 6.07) is 21.4. The first kappa shape index (κ1) is 19.4. The van der Waals surface area contributed by atoms with Gasteiger partial charge in [0.2, 0.25) is 0 Å². The van der Waals surface area contributed by atoms with E-state index in [0.717, 1.165) is 25.5 Å². The lowest BCUT2D eigenvalue weighted by Crippen LogP contribution is -2.45. The van der Waals surface area contributed by atoms with Gasteiger partial charge in [-0.2, -0.15) is 0 Å². The maximum Gasteiger partial charge on any atom is 0.191 e. The Hall–Kier alpha value is -2.33. The zero-order chi connectivity index (χ0) is 19.1. The quantitative estimate of drug-likeness (QED) is 0.598. The zero-order valence-electron chi connectivity index (χ0n) is 16.6. The van der Waals surface area contributed by atoms with Gasteiger partial charge in [0, 0.05) is 38.1 Å². The van der Waals surface area contributed by atoms with Crippen molar-refractivity contribution < 1.29 is 4.74 Å². The van der Waals surface area contributed by atoms with Gasteiger partial charge in [-0.1, -0.05) is 67.6 Å². The molecule has 0 aromatic heterocycles. The number of hydrogen-bond donors (Lipinski definition) is 2. The van der Waals surface area contributed by atoms with Gasteiger partial charge in [0.15, 0.2) is 5.96 Å². The van der Waals surface area contributed by atoms with Crippen molar-refractivity contribution >= 4 is 5.96 Å². The molecule has 2 N–H and O–H groups in total. The third-order valence-corrected chi connectivity index (χ3v) is 5.54. The van der Waals surface area contributed by atoms with Crippen LogP contribution in [0, 0.1) is 5.92 Å². The number of nitrogens with zero attached hydrogens (tertiary/aromatic N) is 1. The molecule has 3 rings (SSSR count). The van der Waals surface area contributed by atoms with E-state index in [-0.39, 0.29) is 12.1 Å². The van der Waals surface area contributed by atoms with Crippen LogP contribution < -0.4 is 10.6 Å². The number of ether oxygens (including phenoxy) is 1. The lowest BCUT2D eigenvalue weighted by atomic mass is 9.94. The standard InChI is InChI=1S/C23H31N3O/c1-17(19-10-6-4-7-11-19)18(2)26-23(24-3)25-16-21-14-15-27-22(21)20-12-8-5-9-13-20/h4-13,17-18,21-22H,14-16H2,1-3H3,(H2,24,25,26). The molecule has 1 heterocycles. The van der Waals surface area contributed by atoms with E-state index in [1.54, 1.807) is 0 Å². The summed E-state index contributed by atoms with van der Waals surface area (Å²) in [5.41, 5.74) is 2.59. The van der Waals surface area contributed by atoms with Gasteiger partial charge in [-0.25, -0.2) is 0 Å². The van der Waals surface area contributed by atoms with Crippen LogP contribution in [0.4, 0.5) is 0 Å². The van der Waals surface area contributed by atoms with E-state index in [2.05, 4.69) is 84.1 Å². The maximum absolute atomic E-state index is 5.99. The summed E-state index contributed by atoms with van der Waals surface area (Å²) in [5, 5.41) is 7.05. The molecule has 2 aromatic rings. The summed E-state index contributed by atoms with van der Waals surface area (Å²) in [6.45, 7) is 6.12. The average molecular weight is 366 g/mol. The predicted molar refractivity (Wildman–Crippen MR) is 112 cm³/mol. The van der Waals surface area contributed by atoms with Crippen molar-refractivity contribution in [3.63, 3.8) is 0 Å². The fourth-order valence-electron chi connectivity index (χ4n) is 3.66. The lowest BCUT2D eigenvalue weighted by Gasteiger charge is -2.25. The molecule has 144 valence electrons. The molecule has 1 aliphatic heterocycles. The molecule has 0 amide bonds. The van der Waals surface area contributed by atoms with E-state index in [4.69, 9.17) is 4.74 Å². The van der Waals surface area contributed by atoms with Crippen LogP contribution in [-0.4, -0.2) is 32.2 Å². The molecule has 4 heteroatoms. The largest absolute Gasteiger partial charge is 0.373 e. The highest BCUT2D eigenvalue weighted by Gasteiger charge is 2.29. The Bertz CT molecular complexity index is 717. The molecule has 1 saturated heterocycles. The Morgan fingerprint density at radius 1 is 1.07 bits per heavy atom. The highest BCUT2D eigenvalue weighted by molar-refractivity contribution is 5.80. The number of aliphatic imine (C=N–C) groups is 1. The molecule has 2 aromatic carbocycles. The lowest BCUT2D eigenvalue weighted by molar-refractivity contribution is 0.0915. The first-order chi connectivity index (χ1) is 13.2. The van der Waals surface area contributed by atoms with E-state index in [1.165, 1.54) is 11.1 Å². The van der Waals surface area contributed by atoms with Crippen molar-refractivity contribution in [2.24, 2.45) is 10.9 Å². The second-order valence-electron chi connectivity index (χ2n) is 7.34. The minimum absolute atomic E-state index is 0.164. The van der Waals surface area contributed by atoms with Crippen molar-refractivity contribution in [1.82, 2.24) is 10.6 Å². The van der Waals surface area contributed by atoms with E-state index in [1.807, 2.05) is 13.1 Å². The van der Waals surface area contributed by atoms with E-state index in [0.29, 0.717) is 11.8 Å². The van der Waals surface area contributed by atoms with Crippen molar-refractivity contribution in [2.75, 3.05) is 20.2 Å². The van der Waals surface area contributed by atoms with E-state index in [9.17, 15) is 0 Å². The van der Waals surface area contributed by atoms with Gasteiger partial charge in [0.05, 0.1) is 6.10 Å². The van der Waals surface area contributed by atoms with Crippen LogP contribution in [-0.2, 0) is 4.74 Å². The molecule has 0 saturated carbocycles. The molecule has 27 heavy (non-hydrogen) atoms. The van der Waals surface area contributed by atoms with Crippen LogP contribution in [0.15, 0.2) is 65.7 Å². The molecule has 0 aliphatic carbocycles. The van der Waals surface area contributed by atoms with Crippen molar-refractivity contribution in [3.05, 3.63) is 71.8 Å². The first-order valence-electron chi connectivity index (χ1n) is 9.87. The number of nitrogens with one attached hydrogen (secondary N) is 2. The number of hydrogen-bond acceptors (Lipinski definition) is 2. The zero-order valence-corrected chi connectivity index (χ0v) is 16.6. The molecular weight excluding hydrogens is 334 g/mol. The Morgan fingerprint density at radius 3 is 2.41 bits per heavy atom. The third kappa shape index (κ3) is 5.10. The number of rotatable bonds is 6. The second kappa shape index (κ2) is 9.56. The Labute approximate surface area is 163 Å². The molecule has 1 aliphatic rings. The second-order valence-corrected chi connectivity index (χ2v) is 7.34. The highest BCUT2D eigenvalue weighted by Crippen LogP contribution is 2.33. The van der Waals surface area contributed by atoms with Gasteiger partial charge < -0.3 is 15.4 Å². The Kier molecular flexibility index (Phi) is 6.88. The molecule has 0 radical (unpaired) electrons. The van der Waals surface area contributed by atoms with Crippen molar-refractivity contribution in [1.29, 1.82) is 0 Å². The Morgan fingerprint density at radius 2 is 1.74 bits per heavy atom. The maximum atomic E-state index is 5.99. The van der Waals surface area contributed by atoms with Crippen molar-refractivity contribution in [3.8, 4) is 0 Å². The fourth-order valence-corrected chi connectivity index (χ4v) is 3.66. The molecule has 4 atom stereocenters. The van der Waals surface area contributed by atoms with Crippen LogP contribution >= 0.6 is 0 Å². The number of guanidine groups is 1. The summed E-state index contributed by atoms with van der Waals surface area (Å²) in [5.74, 6) is 1.70. The van der Waals surface area contributed by atoms with Gasteiger partial charge in [-0.15, -0.1) is 0 Å². The van der Waals surface area contributed by atoms with Gasteiger partial charge in [-0.05, 0) is 24.5 Å². The molecule has 4 unspecified atom stereocenters. The predicted octanol–water partition coefficient (Wildman–Crippen LogP) is 4.12. The SMILES string of the molecule is CN=C(NCC1CCOC1c1ccccc1)NC(C)C(C)c1ccccc1. The number of benzene rings is 2. The van der Waals surface area contributed by atoms with Crippen molar-refractivity contribution in [2.45, 2.75) is 38.3 Å². The van der Waals surface area contributed by atoms with Gasteiger partial charge in [0.25, 0.3) is 0 Å². The van der Waals surface area contributed by atoms with Crippen LogP contribution in [0.2, 0.25) is 0 Å². The monoisotopic (exact) mass is 365 g/mol. The van der Waals surface area contributed by atoms with Crippen LogP contribution in [0.1, 0.15) is 43.4 Å². The summed E-state index contributed by atoms with van der Waals surface area (Å²) >= 11 is 0. The summed E-state index contributed by atoms with van der Waals surface area (Å²) < 4.78 is 5.99. The Balaban J connectivity index is 1.54. The molecule has 4 nitrogen and oxygen atoms in total. The third-order valence-electron chi connectivity index (χ3n) is 5.54. The smallest absolute Gasteiger partial charge is 0.191 e. The summed E-state index contributed by atoms with van der Waals surface area (Å²) in [6.07, 6.45) is 1.23. The normalized spacial score (nSPS) is 22.3. The van der Waals surface area contributed by atoms with Crippen LogP contribution in [0.3, 0.4) is 0 Å². The van der Waals surface area contributed by atoms with Crippen LogP contribution in [0.25, 0.3) is 0 Å². The minimum atomic E-state index is 0.164. The van der Waals surface area contributed by atoms with E-state index < -0.39 is 0 Å². The van der Waals surface area contributed by atoms with Crippen LogP contribution in [0.5, 0.6) is 0 Å². The minimum Gasteiger partial charge on any atom is -0.373 e. The summed E-state index contributed by atoms with van der Waals surface area (Å²) in [4.78, 5) is 4.42. The molecular formula is C23H31N3O. The van der Waals surface area contributed by atoms with Gasteiger partial charge >= 0.3 is 0 Å². The first-order valence-corrected chi connectivity index (χ1v) is 9.87. The van der Waals surface area contributed by atoms with E-state index >= 15 is 0 Å². The molecule has 0 bridgehead atoms. The molecule has 0 spiro atoms. The summed E-state index contributed by atoms with van der Waals surface area (Å²) in [7, 11) is 1.83. The average Bonchev–Trinajstić information content (AvgIpc) is 3.20. The fraction of sp³-hybridized carbons (Fsp3) is 0.435. The topological polar surface area (TPSA) is 45.7 Å². The van der Waals surface area contributed by atoms with Gasteiger partial charge in [-0.3, -0.25) is 4.99 Å². The highest BCUT2D eigenvalue weighted by atomic mass is 16.5.